The van der Waals surface area contributed by atoms with E-state index >= 15 is 0 Å². The molecule has 0 aliphatic carbocycles. The van der Waals surface area contributed by atoms with Crippen LogP contribution >= 0.6 is 12.2 Å². The van der Waals surface area contributed by atoms with Crippen LogP contribution in [-0.2, 0) is 0 Å². The maximum Gasteiger partial charge on any atom is 0.138 e. The molecule has 1 atom stereocenters. The van der Waals surface area contributed by atoms with Crippen molar-refractivity contribution < 1.29 is 4.74 Å². The Morgan fingerprint density at radius 3 is 2.63 bits per heavy atom. The number of ether oxygens (including phenoxy) is 1. The molecule has 1 aromatic rings. The van der Waals surface area contributed by atoms with Crippen LogP contribution in [0.4, 0.5) is 0 Å². The molecule has 1 N–H and O–H groups in total. The lowest BCUT2D eigenvalue weighted by Gasteiger charge is -2.16. The van der Waals surface area contributed by atoms with Gasteiger partial charge in [-0.05, 0) is 24.5 Å². The van der Waals surface area contributed by atoms with Gasteiger partial charge in [0, 0.05) is 6.54 Å². The fourth-order valence-electron chi connectivity index (χ4n) is 1.92. The summed E-state index contributed by atoms with van der Waals surface area (Å²) in [7, 11) is 0. The molecule has 2 nitrogen and oxygen atoms in total. The minimum Gasteiger partial charge on any atom is -0.486 e. The van der Waals surface area contributed by atoms with Gasteiger partial charge in [0.1, 0.15) is 17.3 Å². The Morgan fingerprint density at radius 1 is 1.26 bits per heavy atom. The lowest BCUT2D eigenvalue weighted by atomic mass is 9.99. The Labute approximate surface area is 122 Å². The van der Waals surface area contributed by atoms with Crippen LogP contribution in [0.15, 0.2) is 30.3 Å². The molecular formula is C16H25NOS. The van der Waals surface area contributed by atoms with Crippen LogP contribution in [0.5, 0.6) is 5.75 Å². The number of para-hydroxylation sites is 1. The molecule has 1 aromatic carbocycles. The van der Waals surface area contributed by atoms with Crippen molar-refractivity contribution in [2.45, 2.75) is 39.5 Å². The quantitative estimate of drug-likeness (QED) is 0.685. The van der Waals surface area contributed by atoms with Gasteiger partial charge in [-0.2, -0.15) is 0 Å². The van der Waals surface area contributed by atoms with Crippen molar-refractivity contribution in [3.05, 3.63) is 30.3 Å². The fraction of sp³-hybridized carbons (Fsp3) is 0.562. The van der Waals surface area contributed by atoms with Crippen molar-refractivity contribution in [2.75, 3.05) is 13.2 Å². The van der Waals surface area contributed by atoms with Gasteiger partial charge in [0.15, 0.2) is 0 Å². The summed E-state index contributed by atoms with van der Waals surface area (Å²) in [5, 5.41) is 3.32. The zero-order chi connectivity index (χ0) is 13.9. The van der Waals surface area contributed by atoms with Crippen molar-refractivity contribution in [1.29, 1.82) is 0 Å². The Kier molecular flexibility index (Phi) is 8.23. The molecule has 106 valence electrons. The first-order chi connectivity index (χ1) is 9.26. The minimum absolute atomic E-state index is 0.462. The molecule has 0 aromatic heterocycles. The smallest absolute Gasteiger partial charge is 0.138 e. The van der Waals surface area contributed by atoms with Gasteiger partial charge >= 0.3 is 0 Å². The van der Waals surface area contributed by atoms with E-state index in [4.69, 9.17) is 17.0 Å². The van der Waals surface area contributed by atoms with Crippen LogP contribution in [0.1, 0.15) is 39.5 Å². The third-order valence-electron chi connectivity index (χ3n) is 3.24. The molecule has 0 amide bonds. The number of benzene rings is 1. The first kappa shape index (κ1) is 16.0. The molecule has 0 saturated carbocycles. The molecule has 19 heavy (non-hydrogen) atoms. The number of rotatable bonds is 9. The zero-order valence-electron chi connectivity index (χ0n) is 12.0. The van der Waals surface area contributed by atoms with Crippen LogP contribution in [0.2, 0.25) is 0 Å². The molecule has 0 spiro atoms. The first-order valence-corrected chi connectivity index (χ1v) is 7.61. The summed E-state index contributed by atoms with van der Waals surface area (Å²) in [4.78, 5) is 0.791. The molecule has 0 saturated heterocycles. The topological polar surface area (TPSA) is 21.3 Å². The van der Waals surface area contributed by atoms with E-state index in [1.807, 2.05) is 30.3 Å². The average Bonchev–Trinajstić information content (AvgIpc) is 2.46. The largest absolute Gasteiger partial charge is 0.486 e. The van der Waals surface area contributed by atoms with Crippen molar-refractivity contribution in [1.82, 2.24) is 5.32 Å². The number of hydrogen-bond donors (Lipinski definition) is 1. The highest BCUT2D eigenvalue weighted by Gasteiger charge is 2.06. The highest BCUT2D eigenvalue weighted by atomic mass is 32.1. The zero-order valence-corrected chi connectivity index (χ0v) is 12.8. The van der Waals surface area contributed by atoms with Gasteiger partial charge in [-0.15, -0.1) is 0 Å². The molecule has 3 heteroatoms. The van der Waals surface area contributed by atoms with Crippen LogP contribution in [-0.4, -0.2) is 18.1 Å². The second kappa shape index (κ2) is 9.79. The van der Waals surface area contributed by atoms with Crippen LogP contribution in [0, 0.1) is 5.92 Å². The molecule has 1 rings (SSSR count). The van der Waals surface area contributed by atoms with E-state index in [0.717, 1.165) is 23.2 Å². The first-order valence-electron chi connectivity index (χ1n) is 7.20. The standard InChI is InChI=1S/C16H25NOS/c1-3-5-9-14(4-2)12-17-16(19)13-18-15-10-7-6-8-11-15/h6-8,10-11,14H,3-5,9,12-13H2,1-2H3,(H,17,19). The summed E-state index contributed by atoms with van der Waals surface area (Å²) in [5.41, 5.74) is 0. The maximum atomic E-state index is 5.61. The number of nitrogens with one attached hydrogen (secondary N) is 1. The van der Waals surface area contributed by atoms with E-state index < -0.39 is 0 Å². The van der Waals surface area contributed by atoms with E-state index in [1.165, 1.54) is 25.7 Å². The maximum absolute atomic E-state index is 5.61. The van der Waals surface area contributed by atoms with Crippen molar-refractivity contribution in [3.8, 4) is 5.75 Å². The lowest BCUT2D eigenvalue weighted by molar-refractivity contribution is 0.371. The Morgan fingerprint density at radius 2 is 2.00 bits per heavy atom. The van der Waals surface area contributed by atoms with Gasteiger partial charge in [-0.1, -0.05) is 63.5 Å². The van der Waals surface area contributed by atoms with E-state index in [2.05, 4.69) is 19.2 Å². The summed E-state index contributed by atoms with van der Waals surface area (Å²) in [6, 6.07) is 9.79. The molecule has 0 heterocycles. The van der Waals surface area contributed by atoms with Crippen LogP contribution in [0.25, 0.3) is 0 Å². The lowest BCUT2D eigenvalue weighted by Crippen LogP contribution is -2.31. The average molecular weight is 279 g/mol. The molecule has 0 radical (unpaired) electrons. The van der Waals surface area contributed by atoms with Gasteiger partial charge in [-0.25, -0.2) is 0 Å². The molecule has 0 aliphatic heterocycles. The molecule has 1 unspecified atom stereocenters. The van der Waals surface area contributed by atoms with Gasteiger partial charge in [0.2, 0.25) is 0 Å². The Bertz CT molecular complexity index is 353. The second-order valence-corrected chi connectivity index (χ2v) is 5.32. The molecular weight excluding hydrogens is 254 g/mol. The molecule has 0 aliphatic rings. The third kappa shape index (κ3) is 7.16. The van der Waals surface area contributed by atoms with Gasteiger partial charge in [-0.3, -0.25) is 0 Å². The highest BCUT2D eigenvalue weighted by Crippen LogP contribution is 2.11. The monoisotopic (exact) mass is 279 g/mol. The van der Waals surface area contributed by atoms with E-state index in [0.29, 0.717) is 6.61 Å². The van der Waals surface area contributed by atoms with Crippen LogP contribution in [0.3, 0.4) is 0 Å². The van der Waals surface area contributed by atoms with Crippen molar-refractivity contribution in [3.63, 3.8) is 0 Å². The number of unbranched alkanes of at least 4 members (excludes halogenated alkanes) is 1. The summed E-state index contributed by atoms with van der Waals surface area (Å²) in [5.74, 6) is 1.58. The SMILES string of the molecule is CCCCC(CC)CNC(=S)COc1ccccc1. The third-order valence-corrected chi connectivity index (χ3v) is 3.51. The molecule has 0 fully saturated rings. The van der Waals surface area contributed by atoms with Crippen molar-refractivity contribution >= 4 is 17.2 Å². The predicted octanol–water partition coefficient (Wildman–Crippen LogP) is 4.20. The van der Waals surface area contributed by atoms with E-state index in [1.54, 1.807) is 0 Å². The minimum atomic E-state index is 0.462. The highest BCUT2D eigenvalue weighted by molar-refractivity contribution is 7.80. The predicted molar refractivity (Wildman–Crippen MR) is 85.8 cm³/mol. The number of hydrogen-bond acceptors (Lipinski definition) is 2. The summed E-state index contributed by atoms with van der Waals surface area (Å²) in [6.07, 6.45) is 5.04. The summed E-state index contributed by atoms with van der Waals surface area (Å²) >= 11 is 5.30. The Balaban J connectivity index is 2.20. The van der Waals surface area contributed by atoms with E-state index in [-0.39, 0.29) is 0 Å². The second-order valence-electron chi connectivity index (χ2n) is 4.82. The summed E-state index contributed by atoms with van der Waals surface area (Å²) in [6.45, 7) is 5.90. The summed E-state index contributed by atoms with van der Waals surface area (Å²) < 4.78 is 5.61. The van der Waals surface area contributed by atoms with Gasteiger partial charge < -0.3 is 10.1 Å². The van der Waals surface area contributed by atoms with E-state index in [9.17, 15) is 0 Å². The normalized spacial score (nSPS) is 11.9. The van der Waals surface area contributed by atoms with Gasteiger partial charge in [0.05, 0.1) is 0 Å². The van der Waals surface area contributed by atoms with Crippen LogP contribution < -0.4 is 10.1 Å². The molecule has 0 bridgehead atoms. The van der Waals surface area contributed by atoms with Gasteiger partial charge in [0.25, 0.3) is 0 Å². The number of thiocarbonyl (C=S) groups is 1. The Hall–Kier alpha value is -1.09. The van der Waals surface area contributed by atoms with Crippen molar-refractivity contribution in [2.24, 2.45) is 5.92 Å². The fourth-order valence-corrected chi connectivity index (χ4v) is 2.06.